The van der Waals surface area contributed by atoms with E-state index in [1.165, 1.54) is 13.2 Å². The van der Waals surface area contributed by atoms with Gasteiger partial charge in [-0.3, -0.25) is 0 Å². The number of cyclic esters (lactones) is 1. The fourth-order valence-electron chi connectivity index (χ4n) is 1.44. The summed E-state index contributed by atoms with van der Waals surface area (Å²) in [5, 5.41) is 0. The minimum atomic E-state index is -0.995. The lowest BCUT2D eigenvalue weighted by Gasteiger charge is -2.17. The first kappa shape index (κ1) is 11.2. The van der Waals surface area contributed by atoms with Crippen molar-refractivity contribution in [3.8, 4) is 0 Å². The number of hydrogen-bond acceptors (Lipinski definition) is 6. The SMILES string of the molecule is COC(=O)[C@H]1COC(=O)N1c1ccnc(F)n1. The summed E-state index contributed by atoms with van der Waals surface area (Å²) in [6, 6.07) is 0.341. The van der Waals surface area contributed by atoms with Gasteiger partial charge in [0, 0.05) is 6.20 Å². The van der Waals surface area contributed by atoms with Gasteiger partial charge in [-0.1, -0.05) is 0 Å². The maximum absolute atomic E-state index is 12.8. The van der Waals surface area contributed by atoms with E-state index >= 15 is 0 Å². The Labute approximate surface area is 95.2 Å². The summed E-state index contributed by atoms with van der Waals surface area (Å²) in [5.41, 5.74) is 0. The van der Waals surface area contributed by atoms with Crippen molar-refractivity contribution in [1.29, 1.82) is 0 Å². The van der Waals surface area contributed by atoms with E-state index in [4.69, 9.17) is 4.74 Å². The second-order valence-corrected chi connectivity index (χ2v) is 3.17. The van der Waals surface area contributed by atoms with Crippen LogP contribution in [0, 0.1) is 6.08 Å². The molecule has 0 aromatic carbocycles. The number of anilines is 1. The Morgan fingerprint density at radius 3 is 3.12 bits per heavy atom. The molecule has 1 atom stereocenters. The first-order chi connectivity index (χ1) is 8.13. The number of aromatic nitrogens is 2. The fourth-order valence-corrected chi connectivity index (χ4v) is 1.44. The van der Waals surface area contributed by atoms with E-state index in [0.717, 1.165) is 11.1 Å². The van der Waals surface area contributed by atoms with Crippen LogP contribution >= 0.6 is 0 Å². The highest BCUT2D eigenvalue weighted by molar-refractivity contribution is 5.97. The summed E-state index contributed by atoms with van der Waals surface area (Å²) >= 11 is 0. The lowest BCUT2D eigenvalue weighted by atomic mass is 10.3. The quantitative estimate of drug-likeness (QED) is 0.540. The topological polar surface area (TPSA) is 81.6 Å². The van der Waals surface area contributed by atoms with Gasteiger partial charge in [0.1, 0.15) is 12.4 Å². The molecule has 1 saturated heterocycles. The van der Waals surface area contributed by atoms with Crippen LogP contribution in [0.4, 0.5) is 15.0 Å². The number of rotatable bonds is 2. The van der Waals surface area contributed by atoms with Gasteiger partial charge >= 0.3 is 18.1 Å². The first-order valence-electron chi connectivity index (χ1n) is 4.66. The molecule has 0 aliphatic carbocycles. The summed E-state index contributed by atoms with van der Waals surface area (Å²) in [5.74, 6) is -0.703. The van der Waals surface area contributed by atoms with Crippen LogP contribution in [-0.2, 0) is 14.3 Å². The summed E-state index contributed by atoms with van der Waals surface area (Å²) in [6.07, 6.45) is -0.637. The third kappa shape index (κ3) is 2.01. The summed E-state index contributed by atoms with van der Waals surface area (Å²) in [4.78, 5) is 30.4. The molecule has 1 fully saturated rings. The molecular formula is C9H8FN3O4. The van der Waals surface area contributed by atoms with Crippen molar-refractivity contribution < 1.29 is 23.5 Å². The molecular weight excluding hydrogens is 233 g/mol. The Bertz CT molecular complexity index is 467. The number of halogens is 1. The molecule has 8 heteroatoms. The molecule has 1 amide bonds. The van der Waals surface area contributed by atoms with Crippen LogP contribution in [0.25, 0.3) is 0 Å². The minimum Gasteiger partial charge on any atom is -0.467 e. The third-order valence-electron chi connectivity index (χ3n) is 2.20. The van der Waals surface area contributed by atoms with Crippen LogP contribution in [-0.4, -0.2) is 41.8 Å². The van der Waals surface area contributed by atoms with Gasteiger partial charge in [0.2, 0.25) is 0 Å². The standard InChI is InChI=1S/C9H8FN3O4/c1-16-7(14)5-4-17-9(15)13(5)6-2-3-11-8(10)12-6/h2-3,5H,4H2,1H3/t5-/m1/s1. The normalized spacial score (nSPS) is 19.1. The molecule has 0 saturated carbocycles. The number of carbonyl (C=O) groups excluding carboxylic acids is 2. The average Bonchev–Trinajstić information content (AvgIpc) is 2.70. The maximum atomic E-state index is 12.8. The largest absolute Gasteiger partial charge is 0.467 e. The van der Waals surface area contributed by atoms with Gasteiger partial charge in [0.15, 0.2) is 6.04 Å². The summed E-state index contributed by atoms with van der Waals surface area (Å²) in [6.45, 7) is -0.156. The van der Waals surface area contributed by atoms with E-state index in [1.807, 2.05) is 0 Å². The van der Waals surface area contributed by atoms with E-state index in [9.17, 15) is 14.0 Å². The van der Waals surface area contributed by atoms with Gasteiger partial charge in [-0.2, -0.15) is 9.37 Å². The zero-order valence-corrected chi connectivity index (χ0v) is 8.79. The maximum Gasteiger partial charge on any atom is 0.416 e. The van der Waals surface area contributed by atoms with Gasteiger partial charge in [-0.05, 0) is 6.07 Å². The number of nitrogens with zero attached hydrogens (tertiary/aromatic N) is 3. The van der Waals surface area contributed by atoms with Crippen molar-refractivity contribution in [3.63, 3.8) is 0 Å². The van der Waals surface area contributed by atoms with Crippen molar-refractivity contribution in [3.05, 3.63) is 18.3 Å². The fraction of sp³-hybridized carbons (Fsp3) is 0.333. The molecule has 2 heterocycles. The molecule has 0 radical (unpaired) electrons. The Kier molecular flexibility index (Phi) is 2.86. The number of carbonyl (C=O) groups is 2. The van der Waals surface area contributed by atoms with Crippen LogP contribution in [0.5, 0.6) is 0 Å². The second-order valence-electron chi connectivity index (χ2n) is 3.17. The molecule has 17 heavy (non-hydrogen) atoms. The number of ether oxygens (including phenoxy) is 2. The van der Waals surface area contributed by atoms with Crippen LogP contribution in [0.15, 0.2) is 12.3 Å². The Morgan fingerprint density at radius 1 is 1.71 bits per heavy atom. The lowest BCUT2D eigenvalue weighted by Crippen LogP contribution is -2.40. The summed E-state index contributed by atoms with van der Waals surface area (Å²) < 4.78 is 22.1. The average molecular weight is 241 g/mol. The van der Waals surface area contributed by atoms with Crippen LogP contribution in [0.1, 0.15) is 0 Å². The smallest absolute Gasteiger partial charge is 0.416 e. The summed E-state index contributed by atoms with van der Waals surface area (Å²) in [7, 11) is 1.18. The van der Waals surface area contributed by atoms with Crippen molar-refractivity contribution in [1.82, 2.24) is 9.97 Å². The molecule has 0 bridgehead atoms. The zero-order valence-electron chi connectivity index (χ0n) is 8.79. The zero-order chi connectivity index (χ0) is 12.4. The highest BCUT2D eigenvalue weighted by Crippen LogP contribution is 2.21. The van der Waals surface area contributed by atoms with E-state index in [2.05, 4.69) is 14.7 Å². The molecule has 1 aliphatic heterocycles. The van der Waals surface area contributed by atoms with Crippen molar-refractivity contribution in [2.75, 3.05) is 18.6 Å². The molecule has 1 aliphatic rings. The monoisotopic (exact) mass is 241 g/mol. The van der Waals surface area contributed by atoms with E-state index in [0.29, 0.717) is 0 Å². The number of methoxy groups -OCH3 is 1. The Hall–Kier alpha value is -2.25. The highest BCUT2D eigenvalue weighted by Gasteiger charge is 2.40. The van der Waals surface area contributed by atoms with Crippen LogP contribution in [0.2, 0.25) is 0 Å². The Balaban J connectivity index is 2.34. The third-order valence-corrected chi connectivity index (χ3v) is 2.20. The molecule has 1 aromatic rings. The number of amides is 1. The van der Waals surface area contributed by atoms with Crippen LogP contribution < -0.4 is 4.90 Å². The molecule has 7 nitrogen and oxygen atoms in total. The van der Waals surface area contributed by atoms with Gasteiger partial charge < -0.3 is 9.47 Å². The molecule has 0 N–H and O–H groups in total. The first-order valence-corrected chi connectivity index (χ1v) is 4.66. The van der Waals surface area contributed by atoms with Gasteiger partial charge in [0.25, 0.3) is 0 Å². The van der Waals surface area contributed by atoms with E-state index < -0.39 is 24.2 Å². The van der Waals surface area contributed by atoms with E-state index in [1.54, 1.807) is 0 Å². The predicted molar refractivity (Wildman–Crippen MR) is 51.6 cm³/mol. The number of hydrogen-bond donors (Lipinski definition) is 0. The molecule has 90 valence electrons. The lowest BCUT2D eigenvalue weighted by molar-refractivity contribution is -0.142. The van der Waals surface area contributed by atoms with Gasteiger partial charge in [-0.15, -0.1) is 0 Å². The molecule has 0 unspecified atom stereocenters. The van der Waals surface area contributed by atoms with Gasteiger partial charge in [0.05, 0.1) is 7.11 Å². The molecule has 0 spiro atoms. The van der Waals surface area contributed by atoms with Crippen molar-refractivity contribution >= 4 is 17.9 Å². The van der Waals surface area contributed by atoms with Crippen molar-refractivity contribution in [2.45, 2.75) is 6.04 Å². The second kappa shape index (κ2) is 4.32. The molecule has 2 rings (SSSR count). The highest BCUT2D eigenvalue weighted by atomic mass is 19.1. The molecule has 1 aromatic heterocycles. The van der Waals surface area contributed by atoms with Gasteiger partial charge in [-0.25, -0.2) is 19.5 Å². The minimum absolute atomic E-state index is 0.0459. The van der Waals surface area contributed by atoms with Crippen LogP contribution in [0.3, 0.4) is 0 Å². The predicted octanol–water partition coefficient (Wildman–Crippen LogP) is 0.114. The van der Waals surface area contributed by atoms with Crippen molar-refractivity contribution in [2.24, 2.45) is 0 Å². The number of esters is 1. The van der Waals surface area contributed by atoms with E-state index in [-0.39, 0.29) is 12.4 Å². The Morgan fingerprint density at radius 2 is 2.47 bits per heavy atom.